The first-order valence-corrected chi connectivity index (χ1v) is 4.68. The molecule has 1 aromatic heterocycles. The molecule has 1 rings (SSSR count). The summed E-state index contributed by atoms with van der Waals surface area (Å²) in [4.78, 5) is 6.35. The van der Waals surface area contributed by atoms with Crippen molar-refractivity contribution in [1.82, 2.24) is 4.98 Å². The molecule has 0 saturated carbocycles. The highest BCUT2D eigenvalue weighted by Crippen LogP contribution is 2.13. The van der Waals surface area contributed by atoms with Gasteiger partial charge in [-0.15, -0.1) is 6.58 Å². The molecule has 0 aliphatic heterocycles. The molecule has 1 atom stereocenters. The lowest BCUT2D eigenvalue weighted by molar-refractivity contribution is 0.780. The molecule has 14 heavy (non-hydrogen) atoms. The number of nitrogens with zero attached hydrogens (tertiary/aromatic N) is 2. The van der Waals surface area contributed by atoms with E-state index in [1.54, 1.807) is 0 Å². The minimum atomic E-state index is -0.00578. The van der Waals surface area contributed by atoms with Gasteiger partial charge >= 0.3 is 0 Å². The predicted molar refractivity (Wildman–Crippen MR) is 60.3 cm³/mol. The van der Waals surface area contributed by atoms with Gasteiger partial charge in [0, 0.05) is 19.6 Å². The van der Waals surface area contributed by atoms with Gasteiger partial charge in [0.1, 0.15) is 0 Å². The highest BCUT2D eigenvalue weighted by atomic mass is 15.1. The maximum Gasteiger partial charge on any atom is 0.0569 e. The summed E-state index contributed by atoms with van der Waals surface area (Å²) in [7, 11) is 2.00. The highest BCUT2D eigenvalue weighted by molar-refractivity contribution is 5.44. The molecule has 1 aromatic rings. The van der Waals surface area contributed by atoms with Crippen LogP contribution in [-0.4, -0.2) is 18.6 Å². The molecule has 2 N–H and O–H groups in total. The fourth-order valence-corrected chi connectivity index (χ4v) is 1.19. The topological polar surface area (TPSA) is 42.1 Å². The lowest BCUT2D eigenvalue weighted by Gasteiger charge is -2.17. The van der Waals surface area contributed by atoms with Crippen molar-refractivity contribution in [2.45, 2.75) is 13.0 Å². The van der Waals surface area contributed by atoms with Crippen LogP contribution in [-0.2, 0) is 0 Å². The van der Waals surface area contributed by atoms with Gasteiger partial charge in [0.2, 0.25) is 0 Å². The van der Waals surface area contributed by atoms with E-state index in [4.69, 9.17) is 5.73 Å². The zero-order chi connectivity index (χ0) is 10.6. The zero-order valence-electron chi connectivity index (χ0n) is 8.77. The van der Waals surface area contributed by atoms with Crippen molar-refractivity contribution in [3.63, 3.8) is 0 Å². The summed E-state index contributed by atoms with van der Waals surface area (Å²) < 4.78 is 0. The Morgan fingerprint density at radius 2 is 2.36 bits per heavy atom. The Kier molecular flexibility index (Phi) is 3.65. The molecular formula is C11H17N3. The van der Waals surface area contributed by atoms with Gasteiger partial charge in [0.05, 0.1) is 17.6 Å². The van der Waals surface area contributed by atoms with E-state index in [0.717, 1.165) is 17.9 Å². The fourth-order valence-electron chi connectivity index (χ4n) is 1.19. The number of hydrogen-bond acceptors (Lipinski definition) is 3. The van der Waals surface area contributed by atoms with Gasteiger partial charge in [-0.3, -0.25) is 4.98 Å². The van der Waals surface area contributed by atoms with Crippen LogP contribution in [0.4, 0.5) is 5.69 Å². The van der Waals surface area contributed by atoms with Gasteiger partial charge in [0.25, 0.3) is 0 Å². The minimum absolute atomic E-state index is 0.00578. The van der Waals surface area contributed by atoms with Crippen LogP contribution in [0.3, 0.4) is 0 Å². The van der Waals surface area contributed by atoms with Crippen LogP contribution in [0.2, 0.25) is 0 Å². The Labute approximate surface area is 85.3 Å². The van der Waals surface area contributed by atoms with Gasteiger partial charge in [-0.05, 0) is 19.1 Å². The Morgan fingerprint density at radius 3 is 2.79 bits per heavy atom. The third kappa shape index (κ3) is 2.57. The van der Waals surface area contributed by atoms with E-state index in [-0.39, 0.29) is 6.04 Å². The standard InChI is InChI=1S/C11H17N3/c1-4-7-14(3)10-5-6-11(9(2)12)13-8-10/h4-6,8-9H,1,7,12H2,2-3H3/t9-/m0/s1. The first-order chi connectivity index (χ1) is 6.65. The first-order valence-electron chi connectivity index (χ1n) is 4.68. The second kappa shape index (κ2) is 4.77. The molecular weight excluding hydrogens is 174 g/mol. The third-order valence-corrected chi connectivity index (χ3v) is 2.08. The lowest BCUT2D eigenvalue weighted by Crippen LogP contribution is -2.17. The number of rotatable bonds is 4. The molecule has 0 spiro atoms. The van der Waals surface area contributed by atoms with Crippen molar-refractivity contribution in [3.05, 3.63) is 36.7 Å². The molecule has 0 radical (unpaired) electrons. The van der Waals surface area contributed by atoms with Gasteiger partial charge in [-0.25, -0.2) is 0 Å². The molecule has 0 saturated heterocycles. The maximum atomic E-state index is 5.71. The fraction of sp³-hybridized carbons (Fsp3) is 0.364. The summed E-state index contributed by atoms with van der Waals surface area (Å²) in [5.41, 5.74) is 7.70. The molecule has 3 heteroatoms. The largest absolute Gasteiger partial charge is 0.370 e. The number of likely N-dealkylation sites (N-methyl/N-ethyl adjacent to an activating group) is 1. The van der Waals surface area contributed by atoms with Crippen LogP contribution in [0.25, 0.3) is 0 Å². The second-order valence-corrected chi connectivity index (χ2v) is 3.40. The van der Waals surface area contributed by atoms with E-state index in [2.05, 4.69) is 16.5 Å². The van der Waals surface area contributed by atoms with Crippen LogP contribution in [0.15, 0.2) is 31.0 Å². The zero-order valence-corrected chi connectivity index (χ0v) is 8.77. The normalized spacial score (nSPS) is 12.2. The van der Waals surface area contributed by atoms with Crippen molar-refractivity contribution in [1.29, 1.82) is 0 Å². The first kappa shape index (κ1) is 10.7. The summed E-state index contributed by atoms with van der Waals surface area (Å²) in [5.74, 6) is 0. The average Bonchev–Trinajstić information content (AvgIpc) is 2.18. The van der Waals surface area contributed by atoms with Crippen molar-refractivity contribution < 1.29 is 0 Å². The number of aromatic nitrogens is 1. The Hall–Kier alpha value is -1.35. The van der Waals surface area contributed by atoms with E-state index in [0.29, 0.717) is 0 Å². The Morgan fingerprint density at radius 1 is 1.64 bits per heavy atom. The quantitative estimate of drug-likeness (QED) is 0.737. The molecule has 3 nitrogen and oxygen atoms in total. The van der Waals surface area contributed by atoms with Crippen molar-refractivity contribution >= 4 is 5.69 Å². The van der Waals surface area contributed by atoms with E-state index >= 15 is 0 Å². The summed E-state index contributed by atoms with van der Waals surface area (Å²) in [6.45, 7) is 6.43. The molecule has 0 aliphatic rings. The minimum Gasteiger partial charge on any atom is -0.370 e. The van der Waals surface area contributed by atoms with E-state index < -0.39 is 0 Å². The van der Waals surface area contributed by atoms with Crippen LogP contribution < -0.4 is 10.6 Å². The molecule has 0 aliphatic carbocycles. The molecule has 76 valence electrons. The Bertz CT molecular complexity index is 290. The van der Waals surface area contributed by atoms with Crippen molar-refractivity contribution in [2.24, 2.45) is 5.73 Å². The number of hydrogen-bond donors (Lipinski definition) is 1. The van der Waals surface area contributed by atoms with Crippen LogP contribution in [0, 0.1) is 0 Å². The summed E-state index contributed by atoms with van der Waals surface area (Å²) in [6, 6.07) is 3.98. The number of nitrogens with two attached hydrogens (primary N) is 1. The Balaban J connectivity index is 2.77. The molecule has 1 heterocycles. The molecule has 0 bridgehead atoms. The summed E-state index contributed by atoms with van der Waals surface area (Å²) >= 11 is 0. The molecule has 0 amide bonds. The number of pyridine rings is 1. The highest BCUT2D eigenvalue weighted by Gasteiger charge is 2.02. The van der Waals surface area contributed by atoms with E-state index in [9.17, 15) is 0 Å². The maximum absolute atomic E-state index is 5.71. The molecule has 0 fully saturated rings. The van der Waals surface area contributed by atoms with Crippen LogP contribution >= 0.6 is 0 Å². The van der Waals surface area contributed by atoms with Gasteiger partial charge in [0.15, 0.2) is 0 Å². The smallest absolute Gasteiger partial charge is 0.0569 e. The molecule has 0 aromatic carbocycles. The van der Waals surface area contributed by atoms with E-state index in [1.807, 2.05) is 38.4 Å². The van der Waals surface area contributed by atoms with Crippen molar-refractivity contribution in [2.75, 3.05) is 18.5 Å². The average molecular weight is 191 g/mol. The third-order valence-electron chi connectivity index (χ3n) is 2.08. The molecule has 0 unspecified atom stereocenters. The predicted octanol–water partition coefficient (Wildman–Crippen LogP) is 1.72. The summed E-state index contributed by atoms with van der Waals surface area (Å²) in [5, 5.41) is 0. The SMILES string of the molecule is C=CCN(C)c1ccc([C@H](C)N)nc1. The lowest BCUT2D eigenvalue weighted by atomic mass is 10.2. The second-order valence-electron chi connectivity index (χ2n) is 3.40. The van der Waals surface area contributed by atoms with Gasteiger partial charge in [-0.2, -0.15) is 0 Å². The van der Waals surface area contributed by atoms with Crippen molar-refractivity contribution in [3.8, 4) is 0 Å². The van der Waals surface area contributed by atoms with Crippen LogP contribution in [0.5, 0.6) is 0 Å². The van der Waals surface area contributed by atoms with Gasteiger partial charge < -0.3 is 10.6 Å². The monoisotopic (exact) mass is 191 g/mol. The van der Waals surface area contributed by atoms with Gasteiger partial charge in [-0.1, -0.05) is 6.08 Å². The number of anilines is 1. The van der Waals surface area contributed by atoms with E-state index in [1.165, 1.54) is 0 Å². The summed E-state index contributed by atoms with van der Waals surface area (Å²) in [6.07, 6.45) is 3.70. The van der Waals surface area contributed by atoms with Crippen LogP contribution in [0.1, 0.15) is 18.7 Å².